The van der Waals surface area contributed by atoms with E-state index in [4.69, 9.17) is 0 Å². The molecule has 2 aromatic rings. The van der Waals surface area contributed by atoms with Gasteiger partial charge in [0.25, 0.3) is 0 Å². The Morgan fingerprint density at radius 2 is 1.86 bits per heavy atom. The molecule has 2 atom stereocenters. The first-order valence-electron chi connectivity index (χ1n) is 9.98. The number of benzene rings is 1. The molecule has 4 rings (SSSR count). The van der Waals surface area contributed by atoms with Gasteiger partial charge in [0.05, 0.1) is 11.0 Å². The summed E-state index contributed by atoms with van der Waals surface area (Å²) in [5, 5.41) is 2.48. The number of sulfone groups is 1. The smallest absolute Gasteiger partial charge is 0.321 e. The Hall–Kier alpha value is -2.45. The van der Waals surface area contributed by atoms with Crippen LogP contribution < -0.4 is 5.32 Å². The minimum absolute atomic E-state index is 0.0801. The number of pyridine rings is 1. The fourth-order valence-electron chi connectivity index (χ4n) is 4.31. The number of likely N-dealkylation sites (tertiary alicyclic amines) is 1. The van der Waals surface area contributed by atoms with Crippen molar-refractivity contribution in [1.82, 2.24) is 14.8 Å². The molecule has 154 valence electrons. The van der Waals surface area contributed by atoms with Crippen LogP contribution in [0.3, 0.4) is 0 Å². The molecule has 2 aliphatic rings. The van der Waals surface area contributed by atoms with E-state index in [1.165, 1.54) is 0 Å². The van der Waals surface area contributed by atoms with Crippen molar-refractivity contribution in [2.45, 2.75) is 30.7 Å². The molecular weight excluding hydrogens is 388 g/mol. The van der Waals surface area contributed by atoms with Gasteiger partial charge >= 0.3 is 6.03 Å². The summed E-state index contributed by atoms with van der Waals surface area (Å²) < 4.78 is 25.6. The second-order valence-electron chi connectivity index (χ2n) is 7.67. The number of carbonyl (C=O) groups excluding carboxylic acids is 1. The third-order valence-electron chi connectivity index (χ3n) is 5.82. The first kappa shape index (κ1) is 19.8. The normalized spacial score (nSPS) is 24.3. The number of rotatable bonds is 3. The molecular formula is C21H26N4O3S. The average molecular weight is 415 g/mol. The van der Waals surface area contributed by atoms with E-state index in [0.29, 0.717) is 39.0 Å². The number of aromatic nitrogens is 1. The molecule has 7 nitrogen and oxygen atoms in total. The van der Waals surface area contributed by atoms with Crippen molar-refractivity contribution in [1.29, 1.82) is 0 Å². The highest BCUT2D eigenvalue weighted by molar-refractivity contribution is 7.92. The van der Waals surface area contributed by atoms with Crippen molar-refractivity contribution in [3.8, 4) is 0 Å². The first-order chi connectivity index (χ1) is 14.0. The molecule has 0 aliphatic carbocycles. The number of urea groups is 1. The number of hydrogen-bond donors (Lipinski definition) is 1. The molecule has 3 heterocycles. The minimum Gasteiger partial charge on any atom is -0.324 e. The van der Waals surface area contributed by atoms with Crippen LogP contribution in [0.1, 0.15) is 18.4 Å². The lowest BCUT2D eigenvalue weighted by Crippen LogP contribution is -2.54. The standard InChI is InChI=1S/C21H26N4O3S/c26-21(23-18-6-2-1-3-7-18)24-11-8-19-20(9-12-24)29(27,28)14-13-25(19)16-17-5-4-10-22-15-17/h1-7,10,15,19-20H,8-9,11-14,16H2,(H,23,26)/t19-,20+/m1/s1. The zero-order chi connectivity index (χ0) is 20.3. The number of amides is 2. The molecule has 2 fully saturated rings. The van der Waals surface area contributed by atoms with E-state index in [0.717, 1.165) is 11.3 Å². The zero-order valence-electron chi connectivity index (χ0n) is 16.3. The van der Waals surface area contributed by atoms with Crippen molar-refractivity contribution in [2.24, 2.45) is 0 Å². The number of nitrogens with zero attached hydrogens (tertiary/aromatic N) is 3. The lowest BCUT2D eigenvalue weighted by molar-refractivity contribution is 0.170. The van der Waals surface area contributed by atoms with Crippen LogP contribution in [0.25, 0.3) is 0 Å². The molecule has 0 saturated carbocycles. The maximum Gasteiger partial charge on any atom is 0.321 e. The molecule has 1 N–H and O–H groups in total. The van der Waals surface area contributed by atoms with Crippen LogP contribution in [-0.4, -0.2) is 65.9 Å². The largest absolute Gasteiger partial charge is 0.324 e. The van der Waals surface area contributed by atoms with E-state index in [1.54, 1.807) is 11.1 Å². The summed E-state index contributed by atoms with van der Waals surface area (Å²) in [5.41, 5.74) is 1.82. The Morgan fingerprint density at radius 1 is 1.07 bits per heavy atom. The Labute approximate surface area is 171 Å². The summed E-state index contributed by atoms with van der Waals surface area (Å²) in [5.74, 6) is 0.171. The van der Waals surface area contributed by atoms with Gasteiger partial charge < -0.3 is 10.2 Å². The number of fused-ring (bicyclic) bond motifs is 1. The van der Waals surface area contributed by atoms with Gasteiger partial charge in [-0.2, -0.15) is 0 Å². The van der Waals surface area contributed by atoms with Gasteiger partial charge in [0, 0.05) is 50.3 Å². The van der Waals surface area contributed by atoms with Crippen LogP contribution >= 0.6 is 0 Å². The van der Waals surface area contributed by atoms with Gasteiger partial charge in [-0.1, -0.05) is 24.3 Å². The van der Waals surface area contributed by atoms with Gasteiger partial charge in [0.1, 0.15) is 0 Å². The van der Waals surface area contributed by atoms with E-state index >= 15 is 0 Å². The quantitative estimate of drug-likeness (QED) is 0.834. The predicted molar refractivity (Wildman–Crippen MR) is 112 cm³/mol. The third kappa shape index (κ3) is 4.59. The van der Waals surface area contributed by atoms with Gasteiger partial charge in [-0.15, -0.1) is 0 Å². The SMILES string of the molecule is O=C(Nc1ccccc1)N1CC[C@@H]2[C@H](CC1)S(=O)(=O)CCN2Cc1cccnc1. The van der Waals surface area contributed by atoms with Crippen LogP contribution in [0.5, 0.6) is 0 Å². The van der Waals surface area contributed by atoms with Crippen LogP contribution in [0.4, 0.5) is 10.5 Å². The maximum absolute atomic E-state index is 12.8. The van der Waals surface area contributed by atoms with Gasteiger partial charge in [-0.3, -0.25) is 9.88 Å². The van der Waals surface area contributed by atoms with Gasteiger partial charge in [0.2, 0.25) is 0 Å². The Kier molecular flexibility index (Phi) is 5.82. The van der Waals surface area contributed by atoms with Crippen molar-refractivity contribution < 1.29 is 13.2 Å². The lowest BCUT2D eigenvalue weighted by Gasteiger charge is -2.40. The molecule has 8 heteroatoms. The van der Waals surface area contributed by atoms with E-state index in [9.17, 15) is 13.2 Å². The van der Waals surface area contributed by atoms with Gasteiger partial charge in [-0.05, 0) is 36.6 Å². The van der Waals surface area contributed by atoms with Gasteiger partial charge in [0.15, 0.2) is 9.84 Å². The van der Waals surface area contributed by atoms with Crippen LogP contribution in [0.15, 0.2) is 54.9 Å². The summed E-state index contributed by atoms with van der Waals surface area (Å²) in [6.45, 7) is 2.19. The lowest BCUT2D eigenvalue weighted by atomic mass is 10.1. The fraction of sp³-hybridized carbons (Fsp3) is 0.429. The number of nitrogens with one attached hydrogen (secondary N) is 1. The molecule has 0 unspecified atom stereocenters. The number of carbonyl (C=O) groups is 1. The molecule has 0 spiro atoms. The van der Waals surface area contributed by atoms with Crippen LogP contribution in [0.2, 0.25) is 0 Å². The second kappa shape index (κ2) is 8.51. The maximum atomic E-state index is 12.8. The fourth-order valence-corrected chi connectivity index (χ4v) is 6.35. The highest BCUT2D eigenvalue weighted by Crippen LogP contribution is 2.29. The van der Waals surface area contributed by atoms with E-state index in [-0.39, 0.29) is 17.8 Å². The van der Waals surface area contributed by atoms with Crippen molar-refractivity contribution in [3.63, 3.8) is 0 Å². The molecule has 2 amide bonds. The molecule has 1 aromatic carbocycles. The molecule has 29 heavy (non-hydrogen) atoms. The summed E-state index contributed by atoms with van der Waals surface area (Å²) >= 11 is 0. The third-order valence-corrected chi connectivity index (χ3v) is 8.05. The summed E-state index contributed by atoms with van der Waals surface area (Å²) in [7, 11) is -3.16. The minimum atomic E-state index is -3.16. The molecule has 1 aromatic heterocycles. The Bertz CT molecular complexity index is 937. The Morgan fingerprint density at radius 3 is 2.62 bits per heavy atom. The van der Waals surface area contributed by atoms with Crippen molar-refractivity contribution in [2.75, 3.05) is 30.7 Å². The molecule has 0 radical (unpaired) electrons. The highest BCUT2D eigenvalue weighted by Gasteiger charge is 2.43. The number of para-hydroxylation sites is 1. The monoisotopic (exact) mass is 414 g/mol. The number of hydrogen-bond acceptors (Lipinski definition) is 5. The van der Waals surface area contributed by atoms with E-state index in [1.807, 2.05) is 48.7 Å². The summed E-state index contributed by atoms with van der Waals surface area (Å²) in [4.78, 5) is 20.9. The van der Waals surface area contributed by atoms with Gasteiger partial charge in [-0.25, -0.2) is 13.2 Å². The Balaban J connectivity index is 1.48. The zero-order valence-corrected chi connectivity index (χ0v) is 17.1. The van der Waals surface area contributed by atoms with Crippen LogP contribution in [0, 0.1) is 0 Å². The van der Waals surface area contributed by atoms with E-state index in [2.05, 4.69) is 15.2 Å². The highest BCUT2D eigenvalue weighted by atomic mass is 32.2. The average Bonchev–Trinajstić information content (AvgIpc) is 2.96. The van der Waals surface area contributed by atoms with Crippen LogP contribution in [-0.2, 0) is 16.4 Å². The summed E-state index contributed by atoms with van der Waals surface area (Å²) in [6.07, 6.45) is 4.68. The summed E-state index contributed by atoms with van der Waals surface area (Å²) in [6, 6.07) is 13.0. The molecule has 0 bridgehead atoms. The topological polar surface area (TPSA) is 82.6 Å². The number of anilines is 1. The predicted octanol–water partition coefficient (Wildman–Crippen LogP) is 2.38. The van der Waals surface area contributed by atoms with Crippen molar-refractivity contribution in [3.05, 3.63) is 60.4 Å². The van der Waals surface area contributed by atoms with Crippen molar-refractivity contribution >= 4 is 21.6 Å². The first-order valence-corrected chi connectivity index (χ1v) is 11.7. The molecule has 2 aliphatic heterocycles. The second-order valence-corrected chi connectivity index (χ2v) is 10.0. The van der Waals surface area contributed by atoms with E-state index < -0.39 is 15.1 Å². The molecule has 2 saturated heterocycles.